The highest BCUT2D eigenvalue weighted by Gasteiger charge is 2.24. The van der Waals surface area contributed by atoms with Gasteiger partial charge < -0.3 is 13.9 Å². The normalized spacial score (nSPS) is 12.9. The minimum atomic E-state index is -3.79. The number of aryl methyl sites for hydroxylation is 1. The molecule has 22 heavy (non-hydrogen) atoms. The van der Waals surface area contributed by atoms with Gasteiger partial charge in [0.15, 0.2) is 0 Å². The Morgan fingerprint density at radius 2 is 1.86 bits per heavy atom. The van der Waals surface area contributed by atoms with E-state index in [9.17, 15) is 8.42 Å². The van der Waals surface area contributed by atoms with Gasteiger partial charge in [0.1, 0.15) is 27.9 Å². The lowest BCUT2D eigenvalue weighted by molar-refractivity contribution is 0.391. The van der Waals surface area contributed by atoms with Gasteiger partial charge in [-0.05, 0) is 38.1 Å². The minimum Gasteiger partial charge on any atom is -0.497 e. The summed E-state index contributed by atoms with van der Waals surface area (Å²) in [6, 6.07) is 7.63. The third kappa shape index (κ3) is 3.42. The maximum absolute atomic E-state index is 12.6. The van der Waals surface area contributed by atoms with Crippen molar-refractivity contribution >= 4 is 10.0 Å². The highest BCUT2D eigenvalue weighted by molar-refractivity contribution is 7.89. The van der Waals surface area contributed by atoms with Crippen molar-refractivity contribution in [2.24, 2.45) is 0 Å². The van der Waals surface area contributed by atoms with E-state index in [2.05, 4.69) is 4.72 Å². The van der Waals surface area contributed by atoms with Gasteiger partial charge in [-0.2, -0.15) is 0 Å². The molecule has 0 aliphatic heterocycles. The molecule has 0 saturated heterocycles. The van der Waals surface area contributed by atoms with Crippen LogP contribution in [0.1, 0.15) is 24.5 Å². The molecule has 0 amide bonds. The Labute approximate surface area is 130 Å². The van der Waals surface area contributed by atoms with E-state index in [0.29, 0.717) is 11.5 Å². The second kappa shape index (κ2) is 6.41. The van der Waals surface area contributed by atoms with E-state index in [1.165, 1.54) is 20.3 Å². The Balaban J connectivity index is 2.33. The molecule has 2 rings (SSSR count). The first-order valence-corrected chi connectivity index (χ1v) is 8.16. The molecule has 6 nitrogen and oxygen atoms in total. The average molecular weight is 325 g/mol. The number of hydrogen-bond donors (Lipinski definition) is 1. The fraction of sp³-hybridized carbons (Fsp3) is 0.333. The second-order valence-electron chi connectivity index (χ2n) is 4.81. The summed E-state index contributed by atoms with van der Waals surface area (Å²) in [7, 11) is -0.900. The fourth-order valence-corrected chi connectivity index (χ4v) is 3.43. The molecule has 0 spiro atoms. The first-order valence-electron chi connectivity index (χ1n) is 6.68. The van der Waals surface area contributed by atoms with Crippen LogP contribution in [0.25, 0.3) is 0 Å². The van der Waals surface area contributed by atoms with Crippen molar-refractivity contribution in [1.82, 2.24) is 4.72 Å². The number of methoxy groups -OCH3 is 2. The van der Waals surface area contributed by atoms with Gasteiger partial charge in [-0.15, -0.1) is 0 Å². The summed E-state index contributed by atoms with van der Waals surface area (Å²) in [5.41, 5.74) is 0. The topological polar surface area (TPSA) is 77.8 Å². The zero-order chi connectivity index (χ0) is 16.3. The zero-order valence-corrected chi connectivity index (χ0v) is 13.7. The molecule has 0 saturated carbocycles. The van der Waals surface area contributed by atoms with Crippen molar-refractivity contribution in [2.45, 2.75) is 24.8 Å². The van der Waals surface area contributed by atoms with Gasteiger partial charge in [-0.3, -0.25) is 0 Å². The Hall–Kier alpha value is -1.99. The van der Waals surface area contributed by atoms with Crippen molar-refractivity contribution in [3.63, 3.8) is 0 Å². The van der Waals surface area contributed by atoms with E-state index in [1.54, 1.807) is 38.1 Å². The van der Waals surface area contributed by atoms with Crippen LogP contribution in [-0.4, -0.2) is 22.6 Å². The number of benzene rings is 1. The van der Waals surface area contributed by atoms with E-state index in [4.69, 9.17) is 13.9 Å². The number of sulfonamides is 1. The molecule has 7 heteroatoms. The van der Waals surface area contributed by atoms with Gasteiger partial charge >= 0.3 is 0 Å². The van der Waals surface area contributed by atoms with Gasteiger partial charge in [-0.1, -0.05) is 0 Å². The molecule has 0 unspecified atom stereocenters. The summed E-state index contributed by atoms with van der Waals surface area (Å²) in [6.45, 7) is 3.51. The van der Waals surface area contributed by atoms with E-state index in [-0.39, 0.29) is 10.6 Å². The molecule has 120 valence electrons. The molecule has 0 radical (unpaired) electrons. The molecule has 0 bridgehead atoms. The number of nitrogens with one attached hydrogen (secondary N) is 1. The van der Waals surface area contributed by atoms with Crippen LogP contribution in [0.15, 0.2) is 39.6 Å². The van der Waals surface area contributed by atoms with Crippen molar-refractivity contribution in [2.75, 3.05) is 14.2 Å². The Morgan fingerprint density at radius 1 is 1.14 bits per heavy atom. The van der Waals surface area contributed by atoms with Crippen LogP contribution in [0.3, 0.4) is 0 Å². The van der Waals surface area contributed by atoms with Crippen molar-refractivity contribution in [3.8, 4) is 11.5 Å². The standard InChI is InChI=1S/C15H19NO5S/c1-10-5-7-13(21-10)11(2)16-22(17,18)15-9-12(19-3)6-8-14(15)20-4/h5-9,11,16H,1-4H3/t11-/m1/s1. The zero-order valence-electron chi connectivity index (χ0n) is 12.9. The molecule has 1 aromatic heterocycles. The fourth-order valence-electron chi connectivity index (χ4n) is 2.03. The number of hydrogen-bond acceptors (Lipinski definition) is 5. The lowest BCUT2D eigenvalue weighted by Crippen LogP contribution is -2.27. The van der Waals surface area contributed by atoms with Crippen LogP contribution in [0, 0.1) is 6.92 Å². The summed E-state index contributed by atoms with van der Waals surface area (Å²) in [5.74, 6) is 1.95. The maximum Gasteiger partial charge on any atom is 0.245 e. The number of rotatable bonds is 6. The summed E-state index contributed by atoms with van der Waals surface area (Å²) >= 11 is 0. The highest BCUT2D eigenvalue weighted by Crippen LogP contribution is 2.29. The first-order chi connectivity index (χ1) is 10.4. The predicted molar refractivity (Wildman–Crippen MR) is 81.7 cm³/mol. The van der Waals surface area contributed by atoms with Gasteiger partial charge in [0.05, 0.1) is 20.3 Å². The Morgan fingerprint density at radius 3 is 2.41 bits per heavy atom. The lowest BCUT2D eigenvalue weighted by Gasteiger charge is -2.15. The van der Waals surface area contributed by atoms with E-state index < -0.39 is 16.1 Å². The molecule has 2 aromatic rings. The van der Waals surface area contributed by atoms with Crippen LogP contribution in [-0.2, 0) is 10.0 Å². The maximum atomic E-state index is 12.6. The van der Waals surface area contributed by atoms with Gasteiger partial charge in [-0.25, -0.2) is 13.1 Å². The molecule has 1 heterocycles. The molecule has 1 aromatic carbocycles. The SMILES string of the molecule is COc1ccc(OC)c(S(=O)(=O)N[C@H](C)c2ccc(C)o2)c1. The highest BCUT2D eigenvalue weighted by atomic mass is 32.2. The lowest BCUT2D eigenvalue weighted by atomic mass is 10.3. The van der Waals surface area contributed by atoms with E-state index in [0.717, 1.165) is 5.76 Å². The number of ether oxygens (including phenoxy) is 2. The first kappa shape index (κ1) is 16.4. The summed E-state index contributed by atoms with van der Waals surface area (Å²) in [6.07, 6.45) is 0. The summed E-state index contributed by atoms with van der Waals surface area (Å²) in [5, 5.41) is 0. The van der Waals surface area contributed by atoms with E-state index >= 15 is 0 Å². The largest absolute Gasteiger partial charge is 0.497 e. The third-order valence-corrected chi connectivity index (χ3v) is 4.74. The monoisotopic (exact) mass is 325 g/mol. The van der Waals surface area contributed by atoms with Crippen LogP contribution < -0.4 is 14.2 Å². The summed E-state index contributed by atoms with van der Waals surface area (Å²) in [4.78, 5) is 0.0180. The molecular formula is C15H19NO5S. The Bertz CT molecular complexity index is 751. The molecule has 1 N–H and O–H groups in total. The van der Waals surface area contributed by atoms with Gasteiger partial charge in [0.2, 0.25) is 10.0 Å². The smallest absolute Gasteiger partial charge is 0.245 e. The van der Waals surface area contributed by atoms with Crippen LogP contribution in [0.2, 0.25) is 0 Å². The molecule has 0 aliphatic rings. The van der Waals surface area contributed by atoms with Crippen molar-refractivity contribution in [3.05, 3.63) is 41.9 Å². The van der Waals surface area contributed by atoms with Gasteiger partial charge in [0.25, 0.3) is 0 Å². The van der Waals surface area contributed by atoms with Crippen LogP contribution >= 0.6 is 0 Å². The quantitative estimate of drug-likeness (QED) is 0.883. The second-order valence-corrected chi connectivity index (χ2v) is 6.49. The van der Waals surface area contributed by atoms with E-state index in [1.807, 2.05) is 0 Å². The molecule has 0 fully saturated rings. The van der Waals surface area contributed by atoms with Crippen LogP contribution in [0.5, 0.6) is 11.5 Å². The molecular weight excluding hydrogens is 306 g/mol. The van der Waals surface area contributed by atoms with Gasteiger partial charge in [0, 0.05) is 6.07 Å². The summed E-state index contributed by atoms with van der Waals surface area (Å²) < 4.78 is 43.4. The third-order valence-electron chi connectivity index (χ3n) is 3.18. The van der Waals surface area contributed by atoms with Crippen molar-refractivity contribution < 1.29 is 22.3 Å². The average Bonchev–Trinajstić information content (AvgIpc) is 2.93. The molecule has 0 aliphatic carbocycles. The molecule has 1 atom stereocenters. The minimum absolute atomic E-state index is 0.0180. The predicted octanol–water partition coefficient (Wildman–Crippen LogP) is 2.64. The Kier molecular flexibility index (Phi) is 4.77. The number of furan rings is 1. The van der Waals surface area contributed by atoms with Crippen molar-refractivity contribution in [1.29, 1.82) is 0 Å². The van der Waals surface area contributed by atoms with Crippen LogP contribution in [0.4, 0.5) is 0 Å².